The number of pyridine rings is 1. The monoisotopic (exact) mass is 259 g/mol. The van der Waals surface area contributed by atoms with E-state index in [4.69, 9.17) is 9.72 Å². The van der Waals surface area contributed by atoms with Crippen LogP contribution in [0.2, 0.25) is 0 Å². The summed E-state index contributed by atoms with van der Waals surface area (Å²) in [5.41, 5.74) is 2.04. The summed E-state index contributed by atoms with van der Waals surface area (Å²) in [6.45, 7) is 7.19. The molecular formula is C15H21N3O. The van der Waals surface area contributed by atoms with Crippen molar-refractivity contribution in [1.29, 1.82) is 0 Å². The Morgan fingerprint density at radius 3 is 2.89 bits per heavy atom. The largest absolute Gasteiger partial charge is 0.381 e. The number of hydrogen-bond donors (Lipinski definition) is 0. The van der Waals surface area contributed by atoms with Gasteiger partial charge in [0.25, 0.3) is 0 Å². The molecular weight excluding hydrogens is 238 g/mol. The van der Waals surface area contributed by atoms with Gasteiger partial charge in [0, 0.05) is 31.9 Å². The first-order valence-electron chi connectivity index (χ1n) is 7.14. The summed E-state index contributed by atoms with van der Waals surface area (Å²) in [4.78, 5) is 9.27. The summed E-state index contributed by atoms with van der Waals surface area (Å²) in [5.74, 6) is 2.26. The van der Waals surface area contributed by atoms with Gasteiger partial charge < -0.3 is 9.30 Å². The first-order chi connectivity index (χ1) is 9.25. The molecule has 102 valence electrons. The van der Waals surface area contributed by atoms with Gasteiger partial charge in [-0.25, -0.2) is 9.97 Å². The Morgan fingerprint density at radius 1 is 1.37 bits per heavy atom. The summed E-state index contributed by atoms with van der Waals surface area (Å²) in [7, 11) is 0. The van der Waals surface area contributed by atoms with Gasteiger partial charge in [-0.3, -0.25) is 0 Å². The van der Waals surface area contributed by atoms with Crippen LogP contribution in [0.5, 0.6) is 0 Å². The van der Waals surface area contributed by atoms with E-state index in [2.05, 4.69) is 29.5 Å². The summed E-state index contributed by atoms with van der Waals surface area (Å²) in [6, 6.07) is 4.01. The van der Waals surface area contributed by atoms with E-state index in [9.17, 15) is 0 Å². The van der Waals surface area contributed by atoms with Crippen LogP contribution in [0.3, 0.4) is 0 Å². The van der Waals surface area contributed by atoms with Crippen molar-refractivity contribution in [3.8, 4) is 0 Å². The predicted molar refractivity (Wildman–Crippen MR) is 75.2 cm³/mol. The highest BCUT2D eigenvalue weighted by molar-refractivity contribution is 5.71. The predicted octanol–water partition coefficient (Wildman–Crippen LogP) is 2.98. The molecule has 4 heteroatoms. The van der Waals surface area contributed by atoms with E-state index < -0.39 is 0 Å². The minimum atomic E-state index is 0.425. The molecule has 1 fully saturated rings. The maximum Gasteiger partial charge on any atom is 0.159 e. The first-order valence-corrected chi connectivity index (χ1v) is 7.14. The fraction of sp³-hybridized carbons (Fsp3) is 0.600. The molecule has 1 aliphatic heterocycles. The molecule has 2 aromatic heterocycles. The Bertz CT molecular complexity index is 556. The van der Waals surface area contributed by atoms with Crippen LogP contribution in [-0.4, -0.2) is 27.7 Å². The van der Waals surface area contributed by atoms with Crippen LogP contribution in [-0.2, 0) is 11.3 Å². The lowest BCUT2D eigenvalue weighted by Crippen LogP contribution is -2.21. The van der Waals surface area contributed by atoms with Crippen molar-refractivity contribution in [2.45, 2.75) is 39.2 Å². The number of imidazole rings is 1. The first kappa shape index (κ1) is 12.6. The van der Waals surface area contributed by atoms with E-state index in [-0.39, 0.29) is 0 Å². The van der Waals surface area contributed by atoms with Gasteiger partial charge in [0.15, 0.2) is 5.65 Å². The highest BCUT2D eigenvalue weighted by atomic mass is 16.5. The number of fused-ring (bicyclic) bond motifs is 1. The SMILES string of the molecule is CC(C)c1nc2cccnc2n1CC1CCOCC1. The van der Waals surface area contributed by atoms with Crippen LogP contribution >= 0.6 is 0 Å². The zero-order valence-electron chi connectivity index (χ0n) is 11.7. The molecule has 0 radical (unpaired) electrons. The fourth-order valence-electron chi connectivity index (χ4n) is 2.78. The van der Waals surface area contributed by atoms with Crippen molar-refractivity contribution in [2.75, 3.05) is 13.2 Å². The smallest absolute Gasteiger partial charge is 0.159 e. The molecule has 2 aromatic rings. The zero-order valence-corrected chi connectivity index (χ0v) is 11.7. The van der Waals surface area contributed by atoms with Gasteiger partial charge in [-0.15, -0.1) is 0 Å². The highest BCUT2D eigenvalue weighted by Gasteiger charge is 2.20. The molecule has 3 rings (SSSR count). The number of ether oxygens (including phenoxy) is 1. The number of rotatable bonds is 3. The Balaban J connectivity index is 1.97. The molecule has 1 saturated heterocycles. The third kappa shape index (κ3) is 2.50. The Labute approximate surface area is 113 Å². The fourth-order valence-corrected chi connectivity index (χ4v) is 2.78. The lowest BCUT2D eigenvalue weighted by atomic mass is 10.00. The second-order valence-electron chi connectivity index (χ2n) is 5.64. The van der Waals surface area contributed by atoms with Crippen molar-refractivity contribution in [3.05, 3.63) is 24.2 Å². The Morgan fingerprint density at radius 2 is 2.16 bits per heavy atom. The molecule has 0 aliphatic carbocycles. The van der Waals surface area contributed by atoms with E-state index in [1.807, 2.05) is 12.3 Å². The average molecular weight is 259 g/mol. The second kappa shape index (κ2) is 5.29. The van der Waals surface area contributed by atoms with Gasteiger partial charge in [0.1, 0.15) is 11.3 Å². The molecule has 0 atom stereocenters. The van der Waals surface area contributed by atoms with Crippen LogP contribution in [0, 0.1) is 5.92 Å². The van der Waals surface area contributed by atoms with Crippen LogP contribution < -0.4 is 0 Å². The van der Waals surface area contributed by atoms with Gasteiger partial charge >= 0.3 is 0 Å². The second-order valence-corrected chi connectivity index (χ2v) is 5.64. The standard InChI is InChI=1S/C15H21N3O/c1-11(2)14-17-13-4-3-7-16-15(13)18(14)10-12-5-8-19-9-6-12/h3-4,7,11-12H,5-6,8-10H2,1-2H3. The van der Waals surface area contributed by atoms with Crippen molar-refractivity contribution in [2.24, 2.45) is 5.92 Å². The molecule has 0 saturated carbocycles. The normalized spacial score (nSPS) is 17.4. The van der Waals surface area contributed by atoms with Crippen LogP contribution in [0.1, 0.15) is 38.4 Å². The van der Waals surface area contributed by atoms with Crippen LogP contribution in [0.25, 0.3) is 11.2 Å². The third-order valence-electron chi connectivity index (χ3n) is 3.83. The lowest BCUT2D eigenvalue weighted by Gasteiger charge is -2.23. The summed E-state index contributed by atoms with van der Waals surface area (Å²) < 4.78 is 7.76. The maximum absolute atomic E-state index is 5.44. The zero-order chi connectivity index (χ0) is 13.2. The molecule has 19 heavy (non-hydrogen) atoms. The molecule has 0 aromatic carbocycles. The average Bonchev–Trinajstić information content (AvgIpc) is 2.79. The van der Waals surface area contributed by atoms with Gasteiger partial charge in [0.2, 0.25) is 0 Å². The molecule has 0 N–H and O–H groups in total. The van der Waals surface area contributed by atoms with Gasteiger partial charge in [-0.1, -0.05) is 13.8 Å². The molecule has 0 unspecified atom stereocenters. The van der Waals surface area contributed by atoms with Crippen LogP contribution in [0.4, 0.5) is 0 Å². The topological polar surface area (TPSA) is 39.9 Å². The van der Waals surface area contributed by atoms with Crippen molar-refractivity contribution in [1.82, 2.24) is 14.5 Å². The molecule has 0 bridgehead atoms. The van der Waals surface area contributed by atoms with Crippen molar-refractivity contribution in [3.63, 3.8) is 0 Å². The summed E-state index contributed by atoms with van der Waals surface area (Å²) in [5, 5.41) is 0. The Kier molecular flexibility index (Phi) is 3.51. The highest BCUT2D eigenvalue weighted by Crippen LogP contribution is 2.24. The third-order valence-corrected chi connectivity index (χ3v) is 3.83. The van der Waals surface area contributed by atoms with Crippen molar-refractivity contribution >= 4 is 11.2 Å². The van der Waals surface area contributed by atoms with E-state index in [1.54, 1.807) is 0 Å². The molecule has 4 nitrogen and oxygen atoms in total. The number of aromatic nitrogens is 3. The molecule has 0 amide bonds. The maximum atomic E-state index is 5.44. The number of nitrogens with zero attached hydrogens (tertiary/aromatic N) is 3. The minimum Gasteiger partial charge on any atom is -0.381 e. The van der Waals surface area contributed by atoms with E-state index in [0.717, 1.165) is 49.6 Å². The minimum absolute atomic E-state index is 0.425. The van der Waals surface area contributed by atoms with E-state index >= 15 is 0 Å². The van der Waals surface area contributed by atoms with Gasteiger partial charge in [0.05, 0.1) is 0 Å². The molecule has 1 aliphatic rings. The number of hydrogen-bond acceptors (Lipinski definition) is 3. The van der Waals surface area contributed by atoms with Gasteiger partial charge in [-0.2, -0.15) is 0 Å². The molecule has 0 spiro atoms. The van der Waals surface area contributed by atoms with Crippen LogP contribution in [0.15, 0.2) is 18.3 Å². The van der Waals surface area contributed by atoms with E-state index in [1.165, 1.54) is 0 Å². The lowest BCUT2D eigenvalue weighted by molar-refractivity contribution is 0.0612. The van der Waals surface area contributed by atoms with Gasteiger partial charge in [-0.05, 0) is 30.9 Å². The summed E-state index contributed by atoms with van der Waals surface area (Å²) in [6.07, 6.45) is 4.14. The quantitative estimate of drug-likeness (QED) is 0.850. The molecule has 3 heterocycles. The Hall–Kier alpha value is -1.42. The summed E-state index contributed by atoms with van der Waals surface area (Å²) >= 11 is 0. The van der Waals surface area contributed by atoms with E-state index in [0.29, 0.717) is 11.8 Å². The van der Waals surface area contributed by atoms with Crippen molar-refractivity contribution < 1.29 is 4.74 Å².